The lowest BCUT2D eigenvalue weighted by Gasteiger charge is -2.05. The van der Waals surface area contributed by atoms with Crippen LogP contribution in [0.15, 0.2) is 58.3 Å². The number of rotatable bonds is 2. The first kappa shape index (κ1) is 13.2. The largest absolute Gasteiger partial charge is 0.358 e. The molecule has 5 heteroatoms. The lowest BCUT2D eigenvalue weighted by Crippen LogP contribution is -2.02. The molecule has 1 aromatic heterocycles. The van der Waals surface area contributed by atoms with E-state index in [1.807, 2.05) is 24.3 Å². The number of nitrogens with one attached hydrogen (secondary N) is 1. The van der Waals surface area contributed by atoms with Crippen molar-refractivity contribution in [3.8, 4) is 0 Å². The normalized spacial score (nSPS) is 11.9. The second-order valence-electron chi connectivity index (χ2n) is 4.58. The van der Waals surface area contributed by atoms with Gasteiger partial charge >= 0.3 is 0 Å². The van der Waals surface area contributed by atoms with Gasteiger partial charge in [-0.05, 0) is 37.3 Å². The van der Waals surface area contributed by atoms with E-state index in [2.05, 4.69) is 4.98 Å². The first-order valence-electron chi connectivity index (χ1n) is 6.08. The van der Waals surface area contributed by atoms with E-state index in [9.17, 15) is 8.42 Å². The van der Waals surface area contributed by atoms with E-state index in [0.29, 0.717) is 21.0 Å². The summed E-state index contributed by atoms with van der Waals surface area (Å²) in [6, 6.07) is 13.6. The Morgan fingerprint density at radius 2 is 1.65 bits per heavy atom. The number of fused-ring (bicyclic) bond motifs is 1. The highest BCUT2D eigenvalue weighted by Crippen LogP contribution is 2.31. The standard InChI is InChI=1S/C15H12ClNO2S/c1-10-15(13-4-2-3-5-14(13)17-10)20(18,19)12-8-6-11(16)7-9-12/h2-9,17H,1H3. The molecule has 2 aromatic carbocycles. The average Bonchev–Trinajstić information content (AvgIpc) is 2.75. The van der Waals surface area contributed by atoms with Crippen molar-refractivity contribution >= 4 is 32.3 Å². The maximum absolute atomic E-state index is 12.8. The van der Waals surface area contributed by atoms with E-state index in [1.165, 1.54) is 12.1 Å². The number of benzene rings is 2. The van der Waals surface area contributed by atoms with Crippen molar-refractivity contribution in [1.29, 1.82) is 0 Å². The molecule has 102 valence electrons. The lowest BCUT2D eigenvalue weighted by atomic mass is 10.2. The van der Waals surface area contributed by atoms with Gasteiger partial charge in [0.25, 0.3) is 0 Å². The lowest BCUT2D eigenvalue weighted by molar-refractivity contribution is 0.596. The van der Waals surface area contributed by atoms with Crippen molar-refractivity contribution < 1.29 is 8.42 Å². The van der Waals surface area contributed by atoms with Gasteiger partial charge in [-0.25, -0.2) is 8.42 Å². The quantitative estimate of drug-likeness (QED) is 0.779. The number of para-hydroxylation sites is 1. The average molecular weight is 306 g/mol. The van der Waals surface area contributed by atoms with Crippen LogP contribution >= 0.6 is 11.6 Å². The third-order valence-electron chi connectivity index (χ3n) is 3.23. The predicted molar refractivity (Wildman–Crippen MR) is 79.9 cm³/mol. The van der Waals surface area contributed by atoms with Crippen molar-refractivity contribution in [3.63, 3.8) is 0 Å². The molecule has 0 unspecified atom stereocenters. The van der Waals surface area contributed by atoms with Crippen LogP contribution in [-0.2, 0) is 9.84 Å². The zero-order valence-corrected chi connectivity index (χ0v) is 12.3. The number of hydrogen-bond donors (Lipinski definition) is 1. The molecule has 3 aromatic rings. The summed E-state index contributed by atoms with van der Waals surface area (Å²) in [5.74, 6) is 0. The highest BCUT2D eigenvalue weighted by Gasteiger charge is 2.24. The molecule has 0 aliphatic heterocycles. The second-order valence-corrected chi connectivity index (χ2v) is 6.91. The molecule has 0 aliphatic carbocycles. The first-order valence-corrected chi connectivity index (χ1v) is 7.94. The summed E-state index contributed by atoms with van der Waals surface area (Å²) >= 11 is 5.81. The monoisotopic (exact) mass is 305 g/mol. The molecule has 0 amide bonds. The summed E-state index contributed by atoms with van der Waals surface area (Å²) in [6.45, 7) is 1.77. The van der Waals surface area contributed by atoms with Gasteiger partial charge in [-0.15, -0.1) is 0 Å². The van der Waals surface area contributed by atoms with Gasteiger partial charge in [-0.1, -0.05) is 29.8 Å². The molecule has 1 heterocycles. The zero-order chi connectivity index (χ0) is 14.3. The molecule has 20 heavy (non-hydrogen) atoms. The van der Waals surface area contributed by atoms with Gasteiger partial charge < -0.3 is 4.98 Å². The summed E-state index contributed by atoms with van der Waals surface area (Å²) in [5.41, 5.74) is 1.46. The molecule has 0 saturated heterocycles. The van der Waals surface area contributed by atoms with Gasteiger partial charge in [0.1, 0.15) is 0 Å². The molecule has 0 fully saturated rings. The van der Waals surface area contributed by atoms with E-state index in [1.54, 1.807) is 19.1 Å². The molecule has 0 saturated carbocycles. The van der Waals surface area contributed by atoms with Crippen LogP contribution in [0.1, 0.15) is 5.69 Å². The number of hydrogen-bond acceptors (Lipinski definition) is 2. The maximum atomic E-state index is 12.8. The third kappa shape index (κ3) is 2.01. The number of aryl methyl sites for hydroxylation is 1. The van der Waals surface area contributed by atoms with Crippen LogP contribution in [0, 0.1) is 6.92 Å². The Morgan fingerprint density at radius 3 is 2.35 bits per heavy atom. The van der Waals surface area contributed by atoms with E-state index in [0.717, 1.165) is 5.52 Å². The molecule has 0 atom stereocenters. The van der Waals surface area contributed by atoms with Crippen molar-refractivity contribution in [3.05, 3.63) is 59.2 Å². The fraction of sp³-hybridized carbons (Fsp3) is 0.0667. The minimum absolute atomic E-state index is 0.245. The molecular weight excluding hydrogens is 294 g/mol. The number of halogens is 1. The summed E-state index contributed by atoms with van der Waals surface area (Å²) < 4.78 is 25.6. The summed E-state index contributed by atoms with van der Waals surface area (Å²) in [5, 5.41) is 1.22. The highest BCUT2D eigenvalue weighted by atomic mass is 35.5. The smallest absolute Gasteiger partial charge is 0.208 e. The molecule has 3 nitrogen and oxygen atoms in total. The van der Waals surface area contributed by atoms with Crippen LogP contribution in [0.5, 0.6) is 0 Å². The molecule has 0 spiro atoms. The van der Waals surface area contributed by atoms with Crippen molar-refractivity contribution in [2.24, 2.45) is 0 Å². The number of sulfone groups is 1. The molecule has 0 radical (unpaired) electrons. The fourth-order valence-electron chi connectivity index (χ4n) is 2.33. The molecular formula is C15H12ClNO2S. The Labute approximate surface area is 122 Å². The Hall–Kier alpha value is -1.78. The summed E-state index contributed by atoms with van der Waals surface area (Å²) in [7, 11) is -3.56. The molecule has 0 bridgehead atoms. The SMILES string of the molecule is Cc1[nH]c2ccccc2c1S(=O)(=O)c1ccc(Cl)cc1. The van der Waals surface area contributed by atoms with E-state index in [4.69, 9.17) is 11.6 Å². The highest BCUT2D eigenvalue weighted by molar-refractivity contribution is 7.91. The fourth-order valence-corrected chi connectivity index (χ4v) is 4.11. The van der Waals surface area contributed by atoms with Crippen LogP contribution < -0.4 is 0 Å². The summed E-state index contributed by atoms with van der Waals surface area (Å²) in [6.07, 6.45) is 0. The van der Waals surface area contributed by atoms with Crippen LogP contribution in [0.25, 0.3) is 10.9 Å². The van der Waals surface area contributed by atoms with Gasteiger partial charge in [-0.3, -0.25) is 0 Å². The van der Waals surface area contributed by atoms with Gasteiger partial charge in [0.15, 0.2) is 0 Å². The van der Waals surface area contributed by atoms with Crippen LogP contribution in [0.2, 0.25) is 5.02 Å². The Morgan fingerprint density at radius 1 is 1.00 bits per heavy atom. The number of H-pyrrole nitrogens is 1. The molecule has 3 rings (SSSR count). The number of aromatic nitrogens is 1. The van der Waals surface area contributed by atoms with Gasteiger partial charge in [0.2, 0.25) is 9.84 Å². The first-order chi connectivity index (χ1) is 9.50. The molecule has 0 aliphatic rings. The van der Waals surface area contributed by atoms with Crippen molar-refractivity contribution in [2.45, 2.75) is 16.7 Å². The topological polar surface area (TPSA) is 49.9 Å². The van der Waals surface area contributed by atoms with Crippen LogP contribution in [0.3, 0.4) is 0 Å². The third-order valence-corrected chi connectivity index (χ3v) is 5.44. The predicted octanol–water partition coefficient (Wildman–Crippen LogP) is 3.96. The van der Waals surface area contributed by atoms with Crippen molar-refractivity contribution in [2.75, 3.05) is 0 Å². The van der Waals surface area contributed by atoms with E-state index < -0.39 is 9.84 Å². The minimum atomic E-state index is -3.56. The maximum Gasteiger partial charge on any atom is 0.208 e. The molecule has 1 N–H and O–H groups in total. The van der Waals surface area contributed by atoms with Crippen LogP contribution in [-0.4, -0.2) is 13.4 Å². The minimum Gasteiger partial charge on any atom is -0.358 e. The van der Waals surface area contributed by atoms with Gasteiger partial charge in [0.05, 0.1) is 9.79 Å². The second kappa shape index (κ2) is 4.65. The zero-order valence-electron chi connectivity index (χ0n) is 10.7. The number of aromatic amines is 1. The van der Waals surface area contributed by atoms with E-state index in [-0.39, 0.29) is 4.90 Å². The van der Waals surface area contributed by atoms with Crippen LogP contribution in [0.4, 0.5) is 0 Å². The Balaban J connectivity index is 2.29. The van der Waals surface area contributed by atoms with Gasteiger partial charge in [0, 0.05) is 21.6 Å². The Bertz CT molecular complexity index is 880. The van der Waals surface area contributed by atoms with Crippen molar-refractivity contribution in [1.82, 2.24) is 4.98 Å². The summed E-state index contributed by atoms with van der Waals surface area (Å²) in [4.78, 5) is 3.68. The Kier molecular flexibility index (Phi) is 3.07. The van der Waals surface area contributed by atoms with E-state index >= 15 is 0 Å². The van der Waals surface area contributed by atoms with Gasteiger partial charge in [-0.2, -0.15) is 0 Å².